The van der Waals surface area contributed by atoms with Crippen LogP contribution in [-0.4, -0.2) is 65.8 Å². The lowest BCUT2D eigenvalue weighted by atomic mass is 10.1. The lowest BCUT2D eigenvalue weighted by Crippen LogP contribution is -2.49. The normalized spacial score (nSPS) is 22.8. The van der Waals surface area contributed by atoms with Gasteiger partial charge < -0.3 is 18.7 Å². The van der Waals surface area contributed by atoms with Gasteiger partial charge in [0.1, 0.15) is 24.6 Å². The van der Waals surface area contributed by atoms with E-state index in [0.717, 1.165) is 5.56 Å². The minimum atomic E-state index is -2.31. The van der Waals surface area contributed by atoms with Gasteiger partial charge in [0.2, 0.25) is 0 Å². The van der Waals surface area contributed by atoms with Crippen molar-refractivity contribution in [1.29, 1.82) is 0 Å². The second-order valence-electron chi connectivity index (χ2n) is 14.0. The molecule has 0 spiro atoms. The third-order valence-corrected chi connectivity index (χ3v) is 18.0. The molecule has 0 radical (unpaired) electrons. The molecule has 4 atom stereocenters. The van der Waals surface area contributed by atoms with E-state index in [4.69, 9.17) is 13.6 Å². The molecule has 2 aromatic heterocycles. The van der Waals surface area contributed by atoms with Gasteiger partial charge >= 0.3 is 0 Å². The minimum absolute atomic E-state index is 0.0249. The Kier molecular flexibility index (Phi) is 8.41. The summed E-state index contributed by atoms with van der Waals surface area (Å²) in [5.74, 6) is 0. The average Bonchev–Trinajstić information content (AvgIpc) is 3.40. The van der Waals surface area contributed by atoms with Crippen molar-refractivity contribution in [2.45, 2.75) is 109 Å². The number of hydrogen-bond donors (Lipinski definition) is 1. The van der Waals surface area contributed by atoms with Crippen molar-refractivity contribution >= 4 is 27.8 Å². The molecule has 9 nitrogen and oxygen atoms in total. The summed E-state index contributed by atoms with van der Waals surface area (Å²) >= 11 is 0. The van der Waals surface area contributed by atoms with Crippen LogP contribution in [0.4, 0.5) is 0 Å². The molecule has 4 rings (SSSR count). The monoisotopic (exact) mass is 586 g/mol. The zero-order valence-corrected chi connectivity index (χ0v) is 27.6. The highest BCUT2D eigenvalue weighted by Gasteiger charge is 2.51. The zero-order valence-electron chi connectivity index (χ0n) is 25.6. The molecule has 40 heavy (non-hydrogen) atoms. The molecule has 1 saturated heterocycles. The van der Waals surface area contributed by atoms with E-state index in [-0.39, 0.29) is 27.8 Å². The first kappa shape index (κ1) is 30.8. The van der Waals surface area contributed by atoms with E-state index in [1.807, 2.05) is 30.3 Å². The Morgan fingerprint density at radius 1 is 0.950 bits per heavy atom. The van der Waals surface area contributed by atoms with Gasteiger partial charge in [-0.1, -0.05) is 71.9 Å². The Bertz CT molecular complexity index is 1380. The van der Waals surface area contributed by atoms with Crippen LogP contribution >= 0.6 is 0 Å². The summed E-state index contributed by atoms with van der Waals surface area (Å²) in [6, 6.07) is 9.77. The summed E-state index contributed by atoms with van der Waals surface area (Å²) in [6.45, 7) is 22.4. The molecular formula is C29H46N4O5Si2. The van der Waals surface area contributed by atoms with Gasteiger partial charge in [-0.05, 0) is 41.8 Å². The van der Waals surface area contributed by atoms with Gasteiger partial charge in [-0.25, -0.2) is 9.97 Å². The standard InChI is InChI=1S/C29H46N4O5Si2/c1-28(2,3)39(7,8)36-17-21-23(34)24(38-40(9,10)29(4,5)6)27(37-21)33-19-30-22-25(33)31-18-32(26(22)35)16-20-14-12-11-13-15-20/h11-15,18-19,21,23-24,27,34H,16-17H2,1-10H3/t21-,23-,24-,27-/m1/s1. The highest BCUT2D eigenvalue weighted by Crippen LogP contribution is 2.43. The summed E-state index contributed by atoms with van der Waals surface area (Å²) in [7, 11) is -4.39. The second-order valence-corrected chi connectivity index (χ2v) is 23.5. The minimum Gasteiger partial charge on any atom is -0.414 e. The number of aliphatic hydroxyl groups is 1. The second kappa shape index (κ2) is 10.9. The number of imidazole rings is 1. The number of rotatable bonds is 8. The molecule has 0 aliphatic carbocycles. The lowest BCUT2D eigenvalue weighted by molar-refractivity contribution is -0.0476. The van der Waals surface area contributed by atoms with E-state index in [1.54, 1.807) is 21.8 Å². The summed E-state index contributed by atoms with van der Waals surface area (Å²) in [4.78, 5) is 22.4. The third-order valence-electron chi connectivity index (χ3n) is 8.98. The fourth-order valence-corrected chi connectivity index (χ4v) is 6.56. The quantitative estimate of drug-likeness (QED) is 0.357. The molecule has 1 N–H and O–H groups in total. The van der Waals surface area contributed by atoms with Crippen molar-refractivity contribution in [2.75, 3.05) is 6.61 Å². The number of hydrogen-bond acceptors (Lipinski definition) is 7. The maximum absolute atomic E-state index is 13.4. The van der Waals surface area contributed by atoms with Crippen LogP contribution < -0.4 is 5.56 Å². The first-order valence-electron chi connectivity index (χ1n) is 14.0. The molecule has 1 fully saturated rings. The number of ether oxygens (including phenoxy) is 1. The molecular weight excluding hydrogens is 541 g/mol. The molecule has 1 aromatic carbocycles. The first-order chi connectivity index (χ1) is 18.4. The van der Waals surface area contributed by atoms with E-state index in [1.165, 1.54) is 0 Å². The van der Waals surface area contributed by atoms with Gasteiger partial charge in [0.15, 0.2) is 34.0 Å². The highest BCUT2D eigenvalue weighted by molar-refractivity contribution is 6.74. The smallest absolute Gasteiger partial charge is 0.281 e. The summed E-state index contributed by atoms with van der Waals surface area (Å²) in [5.41, 5.74) is 1.43. The van der Waals surface area contributed by atoms with Gasteiger partial charge in [-0.3, -0.25) is 13.9 Å². The third kappa shape index (κ3) is 6.05. The van der Waals surface area contributed by atoms with Crippen molar-refractivity contribution in [2.24, 2.45) is 0 Å². The number of nitrogens with zero attached hydrogens (tertiary/aromatic N) is 4. The van der Waals surface area contributed by atoms with E-state index in [2.05, 4.69) is 77.7 Å². The van der Waals surface area contributed by atoms with Crippen molar-refractivity contribution in [3.8, 4) is 0 Å². The van der Waals surface area contributed by atoms with Crippen LogP contribution in [0, 0.1) is 0 Å². The number of aromatic nitrogens is 4. The van der Waals surface area contributed by atoms with Crippen LogP contribution in [0.3, 0.4) is 0 Å². The van der Waals surface area contributed by atoms with E-state index in [0.29, 0.717) is 12.2 Å². The van der Waals surface area contributed by atoms with Crippen LogP contribution in [0.1, 0.15) is 53.3 Å². The Balaban J connectivity index is 1.68. The fourth-order valence-electron chi connectivity index (χ4n) is 4.26. The molecule has 3 heterocycles. The Morgan fingerprint density at radius 2 is 1.57 bits per heavy atom. The van der Waals surface area contributed by atoms with Gasteiger partial charge in [0, 0.05) is 0 Å². The molecule has 1 aliphatic heterocycles. The molecule has 1 aliphatic rings. The van der Waals surface area contributed by atoms with Gasteiger partial charge in [-0.15, -0.1) is 0 Å². The van der Waals surface area contributed by atoms with Crippen LogP contribution in [0.15, 0.2) is 47.8 Å². The molecule has 0 unspecified atom stereocenters. The number of fused-ring (bicyclic) bond motifs is 1. The number of benzene rings is 1. The maximum Gasteiger partial charge on any atom is 0.281 e. The predicted molar refractivity (Wildman–Crippen MR) is 162 cm³/mol. The van der Waals surface area contributed by atoms with Crippen molar-refractivity contribution in [3.05, 3.63) is 58.9 Å². The van der Waals surface area contributed by atoms with Gasteiger partial charge in [0.05, 0.1) is 19.5 Å². The summed E-state index contributed by atoms with van der Waals surface area (Å²) < 4.78 is 23.0. The molecule has 0 amide bonds. The lowest BCUT2D eigenvalue weighted by Gasteiger charge is -2.40. The highest BCUT2D eigenvalue weighted by atomic mass is 28.4. The topological polar surface area (TPSA) is 101 Å². The van der Waals surface area contributed by atoms with Crippen LogP contribution in [0.2, 0.25) is 36.3 Å². The van der Waals surface area contributed by atoms with Gasteiger partial charge in [0.25, 0.3) is 5.56 Å². The number of aliphatic hydroxyl groups excluding tert-OH is 1. The van der Waals surface area contributed by atoms with Crippen molar-refractivity contribution < 1.29 is 18.7 Å². The van der Waals surface area contributed by atoms with Crippen molar-refractivity contribution in [1.82, 2.24) is 19.1 Å². The van der Waals surface area contributed by atoms with Crippen LogP contribution in [0.25, 0.3) is 11.2 Å². The Labute approximate surface area is 239 Å². The first-order valence-corrected chi connectivity index (χ1v) is 19.9. The molecule has 0 saturated carbocycles. The molecule has 220 valence electrons. The molecule has 3 aromatic rings. The molecule has 0 bridgehead atoms. The van der Waals surface area contributed by atoms with Crippen molar-refractivity contribution in [3.63, 3.8) is 0 Å². The largest absolute Gasteiger partial charge is 0.414 e. The zero-order chi connectivity index (χ0) is 29.7. The van der Waals surface area contributed by atoms with E-state index in [9.17, 15) is 9.90 Å². The predicted octanol–water partition coefficient (Wildman–Crippen LogP) is 5.31. The fraction of sp³-hybridized carbons (Fsp3) is 0.621. The summed E-state index contributed by atoms with van der Waals surface area (Å²) in [6.07, 6.45) is 0.231. The Hall–Kier alpha value is -2.16. The Morgan fingerprint density at radius 3 is 2.17 bits per heavy atom. The summed E-state index contributed by atoms with van der Waals surface area (Å²) in [5, 5.41) is 11.5. The molecule has 11 heteroatoms. The van der Waals surface area contributed by atoms with Crippen LogP contribution in [0.5, 0.6) is 0 Å². The average molecular weight is 587 g/mol. The van der Waals surface area contributed by atoms with Gasteiger partial charge in [-0.2, -0.15) is 0 Å². The maximum atomic E-state index is 13.4. The van der Waals surface area contributed by atoms with E-state index < -0.39 is 41.2 Å². The SMILES string of the molecule is CC(C)(C)[Si](C)(C)OC[C@H]1O[C@@H](n2cnc3c(=O)n(Cc4ccccc4)cnc32)[C@H](O[Si](C)(C)C(C)(C)C)[C@@H]1O. The van der Waals surface area contributed by atoms with E-state index >= 15 is 0 Å². The van der Waals surface area contributed by atoms with Crippen LogP contribution in [-0.2, 0) is 20.1 Å².